The molecule has 12 heavy (non-hydrogen) atoms. The maximum absolute atomic E-state index is 4.92. The predicted molar refractivity (Wildman–Crippen MR) is 43.5 cm³/mol. The van der Waals surface area contributed by atoms with Gasteiger partial charge in [-0.2, -0.15) is 0 Å². The first kappa shape index (κ1) is 9.09. The number of hydrogen-bond donors (Lipinski definition) is 0. The zero-order chi connectivity index (χ0) is 8.81. The highest BCUT2D eigenvalue weighted by Gasteiger charge is 1.97. The van der Waals surface area contributed by atoms with Crippen molar-refractivity contribution in [2.45, 2.75) is 13.2 Å². The Morgan fingerprint density at radius 1 is 1.08 bits per heavy atom. The van der Waals surface area contributed by atoms with Crippen LogP contribution in [0.15, 0.2) is 12.4 Å². The van der Waals surface area contributed by atoms with Crippen LogP contribution < -0.4 is 0 Å². The molecule has 0 radical (unpaired) electrons. The first-order valence-electron chi connectivity index (χ1n) is 3.64. The molecule has 1 aromatic rings. The summed E-state index contributed by atoms with van der Waals surface area (Å²) in [5, 5.41) is 0. The van der Waals surface area contributed by atoms with E-state index >= 15 is 0 Å². The zero-order valence-electron chi connectivity index (χ0n) is 7.28. The lowest BCUT2D eigenvalue weighted by atomic mass is 10.4. The molecule has 0 N–H and O–H groups in total. The summed E-state index contributed by atoms with van der Waals surface area (Å²) in [4.78, 5) is 8.24. The molecule has 0 aliphatic rings. The molecule has 1 rings (SSSR count). The highest BCUT2D eigenvalue weighted by atomic mass is 16.5. The Hall–Kier alpha value is -1.00. The van der Waals surface area contributed by atoms with Crippen LogP contribution in [0.25, 0.3) is 0 Å². The van der Waals surface area contributed by atoms with Gasteiger partial charge in [0.2, 0.25) is 0 Å². The molecule has 0 saturated carbocycles. The van der Waals surface area contributed by atoms with Crippen LogP contribution >= 0.6 is 0 Å². The van der Waals surface area contributed by atoms with Crippen LogP contribution in [0.2, 0.25) is 0 Å². The number of aromatic nitrogens is 2. The van der Waals surface area contributed by atoms with Crippen molar-refractivity contribution in [1.29, 1.82) is 0 Å². The highest BCUT2D eigenvalue weighted by Crippen LogP contribution is 1.98. The van der Waals surface area contributed by atoms with Crippen molar-refractivity contribution in [2.24, 2.45) is 0 Å². The van der Waals surface area contributed by atoms with Gasteiger partial charge in [0.15, 0.2) is 0 Å². The minimum atomic E-state index is 0.491. The average Bonchev–Trinajstić information content (AvgIpc) is 2.06. The second kappa shape index (κ2) is 4.79. The lowest BCUT2D eigenvalue weighted by Gasteiger charge is -2.01. The minimum Gasteiger partial charge on any atom is -0.378 e. The van der Waals surface area contributed by atoms with Crippen molar-refractivity contribution < 1.29 is 9.47 Å². The van der Waals surface area contributed by atoms with E-state index in [2.05, 4.69) is 9.97 Å². The van der Waals surface area contributed by atoms with Crippen molar-refractivity contribution in [1.82, 2.24) is 9.97 Å². The van der Waals surface area contributed by atoms with E-state index in [-0.39, 0.29) is 0 Å². The first-order chi connectivity index (χ1) is 5.86. The van der Waals surface area contributed by atoms with E-state index in [1.54, 1.807) is 26.6 Å². The summed E-state index contributed by atoms with van der Waals surface area (Å²) in [5.41, 5.74) is 1.65. The van der Waals surface area contributed by atoms with E-state index in [1.807, 2.05) is 0 Å². The van der Waals surface area contributed by atoms with Crippen molar-refractivity contribution in [2.75, 3.05) is 14.2 Å². The Morgan fingerprint density at radius 3 is 2.00 bits per heavy atom. The molecule has 0 fully saturated rings. The molecule has 0 spiro atoms. The molecular formula is C8H12N2O2. The van der Waals surface area contributed by atoms with Crippen molar-refractivity contribution in [3.05, 3.63) is 23.8 Å². The number of nitrogens with zero attached hydrogens (tertiary/aromatic N) is 2. The Balaban J connectivity index is 2.67. The Morgan fingerprint density at radius 2 is 1.58 bits per heavy atom. The van der Waals surface area contributed by atoms with Crippen LogP contribution in [0.1, 0.15) is 11.4 Å². The topological polar surface area (TPSA) is 44.2 Å². The largest absolute Gasteiger partial charge is 0.378 e. The summed E-state index contributed by atoms with van der Waals surface area (Å²) < 4.78 is 9.84. The molecule has 0 amide bonds. The summed E-state index contributed by atoms with van der Waals surface area (Å²) in [6.45, 7) is 0.981. The van der Waals surface area contributed by atoms with E-state index < -0.39 is 0 Å². The van der Waals surface area contributed by atoms with Crippen LogP contribution in [0, 0.1) is 0 Å². The monoisotopic (exact) mass is 168 g/mol. The number of rotatable bonds is 4. The molecule has 0 aliphatic heterocycles. The third kappa shape index (κ3) is 2.56. The van der Waals surface area contributed by atoms with Crippen LogP contribution in [0.5, 0.6) is 0 Å². The third-order valence-electron chi connectivity index (χ3n) is 1.32. The van der Waals surface area contributed by atoms with Gasteiger partial charge in [-0.25, -0.2) is 4.98 Å². The molecule has 0 atom stereocenters. The van der Waals surface area contributed by atoms with E-state index in [4.69, 9.17) is 9.47 Å². The molecular weight excluding hydrogens is 156 g/mol. The van der Waals surface area contributed by atoms with Crippen LogP contribution in [0.4, 0.5) is 0 Å². The molecule has 0 aliphatic carbocycles. The van der Waals surface area contributed by atoms with Crippen LogP contribution in [-0.2, 0) is 22.7 Å². The smallest absolute Gasteiger partial charge is 0.0899 e. The molecule has 1 aromatic heterocycles. The lowest BCUT2D eigenvalue weighted by Crippen LogP contribution is -1.99. The van der Waals surface area contributed by atoms with Gasteiger partial charge in [-0.05, 0) is 0 Å². The molecule has 1 heterocycles. The van der Waals surface area contributed by atoms with E-state index in [0.717, 1.165) is 11.4 Å². The normalized spacial score (nSPS) is 10.2. The van der Waals surface area contributed by atoms with Crippen LogP contribution in [0.3, 0.4) is 0 Å². The van der Waals surface area contributed by atoms with Gasteiger partial charge < -0.3 is 9.47 Å². The second-order valence-corrected chi connectivity index (χ2v) is 2.37. The lowest BCUT2D eigenvalue weighted by molar-refractivity contribution is 0.172. The Bertz CT molecular complexity index is 219. The average molecular weight is 168 g/mol. The van der Waals surface area contributed by atoms with Gasteiger partial charge in [0, 0.05) is 14.2 Å². The van der Waals surface area contributed by atoms with Crippen molar-refractivity contribution >= 4 is 0 Å². The van der Waals surface area contributed by atoms with Crippen LogP contribution in [-0.4, -0.2) is 24.2 Å². The summed E-state index contributed by atoms with van der Waals surface area (Å²) >= 11 is 0. The fraction of sp³-hybridized carbons (Fsp3) is 0.500. The van der Waals surface area contributed by atoms with Gasteiger partial charge >= 0.3 is 0 Å². The quantitative estimate of drug-likeness (QED) is 0.666. The molecule has 66 valence electrons. The minimum absolute atomic E-state index is 0.491. The Labute approximate surface area is 71.6 Å². The van der Waals surface area contributed by atoms with Crippen molar-refractivity contribution in [3.63, 3.8) is 0 Å². The van der Waals surface area contributed by atoms with Crippen molar-refractivity contribution in [3.8, 4) is 0 Å². The molecule has 0 bridgehead atoms. The second-order valence-electron chi connectivity index (χ2n) is 2.37. The summed E-state index contributed by atoms with van der Waals surface area (Å²) in [6.07, 6.45) is 3.37. The van der Waals surface area contributed by atoms with Gasteiger partial charge in [-0.3, -0.25) is 4.98 Å². The van der Waals surface area contributed by atoms with E-state index in [0.29, 0.717) is 13.2 Å². The predicted octanol–water partition coefficient (Wildman–Crippen LogP) is 0.769. The molecule has 4 heteroatoms. The van der Waals surface area contributed by atoms with Gasteiger partial charge in [0.25, 0.3) is 0 Å². The fourth-order valence-corrected chi connectivity index (χ4v) is 0.886. The SMILES string of the molecule is COCc1cncc(COC)n1. The number of hydrogen-bond acceptors (Lipinski definition) is 4. The van der Waals surface area contributed by atoms with Gasteiger partial charge in [-0.1, -0.05) is 0 Å². The van der Waals surface area contributed by atoms with Gasteiger partial charge in [-0.15, -0.1) is 0 Å². The summed E-state index contributed by atoms with van der Waals surface area (Å²) in [7, 11) is 3.26. The third-order valence-corrected chi connectivity index (χ3v) is 1.32. The maximum Gasteiger partial charge on any atom is 0.0899 e. The Kier molecular flexibility index (Phi) is 3.63. The molecule has 0 aromatic carbocycles. The first-order valence-corrected chi connectivity index (χ1v) is 3.64. The van der Waals surface area contributed by atoms with E-state index in [1.165, 1.54) is 0 Å². The molecule has 4 nitrogen and oxygen atoms in total. The highest BCUT2D eigenvalue weighted by molar-refractivity contribution is 5.01. The zero-order valence-corrected chi connectivity index (χ0v) is 7.28. The van der Waals surface area contributed by atoms with Gasteiger partial charge in [0.1, 0.15) is 0 Å². The standard InChI is InChI=1S/C8H12N2O2/c1-11-5-7-3-9-4-8(10-7)6-12-2/h3-4H,5-6H2,1-2H3. The molecule has 0 unspecified atom stereocenters. The summed E-state index contributed by atoms with van der Waals surface area (Å²) in [5.74, 6) is 0. The molecule has 0 saturated heterocycles. The number of methoxy groups -OCH3 is 2. The summed E-state index contributed by atoms with van der Waals surface area (Å²) in [6, 6.07) is 0. The maximum atomic E-state index is 4.92. The van der Waals surface area contributed by atoms with Gasteiger partial charge in [0.05, 0.1) is 37.0 Å². The van der Waals surface area contributed by atoms with E-state index in [9.17, 15) is 0 Å². The number of ether oxygens (including phenoxy) is 2. The fourth-order valence-electron chi connectivity index (χ4n) is 0.886.